The number of carbonyl (C=O) groups excluding carboxylic acids is 1. The molecule has 1 aromatic carbocycles. The quantitative estimate of drug-likeness (QED) is 0.893. The first-order valence-corrected chi connectivity index (χ1v) is 6.35. The first kappa shape index (κ1) is 16.0. The summed E-state index contributed by atoms with van der Waals surface area (Å²) >= 11 is 0. The zero-order valence-electron chi connectivity index (χ0n) is 11.4. The number of hydrogen-bond donors (Lipinski definition) is 2. The van der Waals surface area contributed by atoms with Gasteiger partial charge in [0.15, 0.2) is 0 Å². The Morgan fingerprint density at radius 3 is 2.68 bits per heavy atom. The molecule has 0 aliphatic carbocycles. The van der Waals surface area contributed by atoms with Crippen LogP contribution in [0.1, 0.15) is 17.5 Å². The molecule has 1 heterocycles. The van der Waals surface area contributed by atoms with E-state index in [0.717, 1.165) is 29.9 Å². The molecule has 1 unspecified atom stereocenters. The molecular weight excluding hydrogens is 264 g/mol. The number of hydrogen-bond acceptors (Lipinski definition) is 3. The molecule has 106 valence electrons. The van der Waals surface area contributed by atoms with Gasteiger partial charge >= 0.3 is 0 Å². The van der Waals surface area contributed by atoms with Crippen LogP contribution in [-0.2, 0) is 9.53 Å². The van der Waals surface area contributed by atoms with Gasteiger partial charge in [-0.1, -0.05) is 18.2 Å². The highest BCUT2D eigenvalue weighted by atomic mass is 35.5. The molecule has 1 saturated heterocycles. The van der Waals surface area contributed by atoms with Crippen LogP contribution >= 0.6 is 12.4 Å². The van der Waals surface area contributed by atoms with Crippen molar-refractivity contribution in [3.8, 4) is 0 Å². The number of anilines is 1. The molecule has 2 N–H and O–H groups in total. The first-order chi connectivity index (χ1) is 8.66. The van der Waals surface area contributed by atoms with Gasteiger partial charge in [0.05, 0.1) is 19.1 Å². The van der Waals surface area contributed by atoms with Crippen LogP contribution < -0.4 is 10.6 Å². The maximum atomic E-state index is 12.0. The van der Waals surface area contributed by atoms with Crippen molar-refractivity contribution >= 4 is 24.0 Å². The van der Waals surface area contributed by atoms with Crippen molar-refractivity contribution in [1.82, 2.24) is 5.32 Å². The van der Waals surface area contributed by atoms with E-state index in [1.165, 1.54) is 0 Å². The molecule has 5 heteroatoms. The number of rotatable bonds is 3. The van der Waals surface area contributed by atoms with Gasteiger partial charge in [0.25, 0.3) is 0 Å². The second-order valence-corrected chi connectivity index (χ2v) is 4.72. The average molecular weight is 285 g/mol. The number of aryl methyl sites for hydroxylation is 2. The number of nitrogens with one attached hydrogen (secondary N) is 2. The number of ether oxygens (including phenoxy) is 1. The lowest BCUT2D eigenvalue weighted by Crippen LogP contribution is -2.40. The van der Waals surface area contributed by atoms with Crippen molar-refractivity contribution in [2.24, 2.45) is 0 Å². The van der Waals surface area contributed by atoms with E-state index in [0.29, 0.717) is 13.0 Å². The van der Waals surface area contributed by atoms with Crippen molar-refractivity contribution in [1.29, 1.82) is 0 Å². The molecule has 2 rings (SSSR count). The Morgan fingerprint density at radius 1 is 1.42 bits per heavy atom. The van der Waals surface area contributed by atoms with Gasteiger partial charge in [0.2, 0.25) is 5.91 Å². The van der Waals surface area contributed by atoms with E-state index >= 15 is 0 Å². The molecule has 0 aromatic heterocycles. The molecule has 0 bridgehead atoms. The number of para-hydroxylation sites is 1. The summed E-state index contributed by atoms with van der Waals surface area (Å²) in [5.74, 6) is 0.0149. The lowest BCUT2D eigenvalue weighted by molar-refractivity contribution is -0.119. The fourth-order valence-corrected chi connectivity index (χ4v) is 2.16. The minimum absolute atomic E-state index is 0. The fourth-order valence-electron chi connectivity index (χ4n) is 2.16. The second-order valence-electron chi connectivity index (χ2n) is 4.72. The Kier molecular flexibility index (Phi) is 6.28. The van der Waals surface area contributed by atoms with Gasteiger partial charge in [0.1, 0.15) is 0 Å². The smallest absolute Gasteiger partial charge is 0.227 e. The van der Waals surface area contributed by atoms with Gasteiger partial charge in [-0.05, 0) is 25.0 Å². The molecule has 0 radical (unpaired) electrons. The molecule has 4 nitrogen and oxygen atoms in total. The average Bonchev–Trinajstić information content (AvgIpc) is 2.35. The van der Waals surface area contributed by atoms with Crippen molar-refractivity contribution in [3.63, 3.8) is 0 Å². The maximum absolute atomic E-state index is 12.0. The molecule has 0 spiro atoms. The van der Waals surface area contributed by atoms with Crippen LogP contribution in [-0.4, -0.2) is 31.7 Å². The molecule has 1 atom stereocenters. The van der Waals surface area contributed by atoms with E-state index in [1.54, 1.807) is 0 Å². The minimum atomic E-state index is -0.0110. The molecule has 1 aromatic rings. The Labute approximate surface area is 120 Å². The third kappa shape index (κ3) is 4.49. The zero-order valence-corrected chi connectivity index (χ0v) is 12.2. The van der Waals surface area contributed by atoms with Crippen LogP contribution in [0.25, 0.3) is 0 Å². The van der Waals surface area contributed by atoms with E-state index in [1.807, 2.05) is 32.0 Å². The van der Waals surface area contributed by atoms with E-state index in [4.69, 9.17) is 4.74 Å². The predicted octanol–water partition coefficient (Wildman–Crippen LogP) is 2.04. The van der Waals surface area contributed by atoms with Crippen LogP contribution in [0.4, 0.5) is 5.69 Å². The molecule has 1 aliphatic rings. The molecule has 0 saturated carbocycles. The van der Waals surface area contributed by atoms with Gasteiger partial charge in [-0.25, -0.2) is 0 Å². The summed E-state index contributed by atoms with van der Waals surface area (Å²) in [6.45, 7) is 6.30. The van der Waals surface area contributed by atoms with E-state index in [2.05, 4.69) is 10.6 Å². The second kappa shape index (κ2) is 7.48. The van der Waals surface area contributed by atoms with Crippen LogP contribution in [0, 0.1) is 13.8 Å². The third-order valence-electron chi connectivity index (χ3n) is 3.16. The Hall–Kier alpha value is -1.10. The standard InChI is InChI=1S/C14H20N2O2.ClH/c1-10-4-3-5-11(2)14(10)16-13(17)8-12-9-15-6-7-18-12;/h3-5,12,15H,6-9H2,1-2H3,(H,16,17);1H. The summed E-state index contributed by atoms with van der Waals surface area (Å²) in [4.78, 5) is 12.0. The Bertz CT molecular complexity index is 411. The van der Waals surface area contributed by atoms with E-state index in [9.17, 15) is 4.79 Å². The van der Waals surface area contributed by atoms with Gasteiger partial charge in [0, 0.05) is 18.8 Å². The number of carbonyl (C=O) groups is 1. The van der Waals surface area contributed by atoms with Crippen LogP contribution in [0.15, 0.2) is 18.2 Å². The zero-order chi connectivity index (χ0) is 13.0. The van der Waals surface area contributed by atoms with E-state index in [-0.39, 0.29) is 24.4 Å². The highest BCUT2D eigenvalue weighted by Crippen LogP contribution is 2.19. The number of benzene rings is 1. The Morgan fingerprint density at radius 2 is 2.11 bits per heavy atom. The van der Waals surface area contributed by atoms with Crippen molar-refractivity contribution in [3.05, 3.63) is 29.3 Å². The molecule has 1 fully saturated rings. The lowest BCUT2D eigenvalue weighted by Gasteiger charge is -2.23. The summed E-state index contributed by atoms with van der Waals surface area (Å²) < 4.78 is 5.52. The topological polar surface area (TPSA) is 50.4 Å². The third-order valence-corrected chi connectivity index (χ3v) is 3.16. The van der Waals surface area contributed by atoms with Crippen molar-refractivity contribution < 1.29 is 9.53 Å². The fraction of sp³-hybridized carbons (Fsp3) is 0.500. The summed E-state index contributed by atoms with van der Waals surface area (Å²) in [5.41, 5.74) is 3.10. The summed E-state index contributed by atoms with van der Waals surface area (Å²) in [5, 5.41) is 6.20. The van der Waals surface area contributed by atoms with Crippen LogP contribution in [0.3, 0.4) is 0 Å². The van der Waals surface area contributed by atoms with Gasteiger partial charge in [-0.15, -0.1) is 12.4 Å². The molecular formula is C14H21ClN2O2. The Balaban J connectivity index is 0.00000180. The SMILES string of the molecule is Cc1cccc(C)c1NC(=O)CC1CNCCO1.Cl. The van der Waals surface area contributed by atoms with Gasteiger partial charge in [-0.2, -0.15) is 0 Å². The van der Waals surface area contributed by atoms with Gasteiger partial charge in [-0.3, -0.25) is 4.79 Å². The highest BCUT2D eigenvalue weighted by molar-refractivity contribution is 5.92. The van der Waals surface area contributed by atoms with Crippen LogP contribution in [0.2, 0.25) is 0 Å². The highest BCUT2D eigenvalue weighted by Gasteiger charge is 2.18. The summed E-state index contributed by atoms with van der Waals surface area (Å²) in [6, 6.07) is 6.00. The molecule has 1 aliphatic heterocycles. The van der Waals surface area contributed by atoms with Crippen molar-refractivity contribution in [2.75, 3.05) is 25.0 Å². The molecule has 19 heavy (non-hydrogen) atoms. The summed E-state index contributed by atoms with van der Waals surface area (Å²) in [6.07, 6.45) is 0.393. The lowest BCUT2D eigenvalue weighted by atomic mass is 10.1. The predicted molar refractivity (Wildman–Crippen MR) is 79.0 cm³/mol. The van der Waals surface area contributed by atoms with Crippen LogP contribution in [0.5, 0.6) is 0 Å². The molecule has 1 amide bonds. The number of amides is 1. The number of halogens is 1. The summed E-state index contributed by atoms with van der Waals surface area (Å²) in [7, 11) is 0. The largest absolute Gasteiger partial charge is 0.375 e. The minimum Gasteiger partial charge on any atom is -0.375 e. The first-order valence-electron chi connectivity index (χ1n) is 6.35. The van der Waals surface area contributed by atoms with Gasteiger partial charge < -0.3 is 15.4 Å². The normalized spacial score (nSPS) is 18.5. The maximum Gasteiger partial charge on any atom is 0.227 e. The monoisotopic (exact) mass is 284 g/mol. The number of morpholine rings is 1. The van der Waals surface area contributed by atoms with Crippen molar-refractivity contribution in [2.45, 2.75) is 26.4 Å². The van der Waals surface area contributed by atoms with E-state index < -0.39 is 0 Å².